The molecular formula is C17H34N2. The second-order valence-corrected chi connectivity index (χ2v) is 6.83. The summed E-state index contributed by atoms with van der Waals surface area (Å²) in [7, 11) is 0. The van der Waals surface area contributed by atoms with Crippen LogP contribution in [0.5, 0.6) is 0 Å². The molecule has 1 saturated heterocycles. The molecule has 1 aliphatic heterocycles. The third-order valence-electron chi connectivity index (χ3n) is 5.15. The third-order valence-corrected chi connectivity index (χ3v) is 5.15. The summed E-state index contributed by atoms with van der Waals surface area (Å²) in [6.07, 6.45) is 13.0. The van der Waals surface area contributed by atoms with Gasteiger partial charge in [0.1, 0.15) is 0 Å². The molecule has 0 spiro atoms. The molecule has 0 radical (unpaired) electrons. The van der Waals surface area contributed by atoms with Crippen LogP contribution in [0.2, 0.25) is 0 Å². The number of nitrogens with one attached hydrogen (secondary N) is 1. The maximum Gasteiger partial charge on any atom is 0.0249 e. The summed E-state index contributed by atoms with van der Waals surface area (Å²) in [6.45, 7) is 8.49. The molecule has 1 N–H and O–H groups in total. The number of nitrogens with zero attached hydrogens (tertiary/aromatic N) is 1. The molecule has 2 fully saturated rings. The summed E-state index contributed by atoms with van der Waals surface area (Å²) in [5.41, 5.74) is 0. The highest BCUT2D eigenvalue weighted by molar-refractivity contribution is 4.89. The average Bonchev–Trinajstić information content (AvgIpc) is 2.45. The van der Waals surface area contributed by atoms with Crippen LogP contribution in [-0.4, -0.2) is 36.6 Å². The molecule has 2 nitrogen and oxygen atoms in total. The van der Waals surface area contributed by atoms with Crippen LogP contribution in [0.15, 0.2) is 0 Å². The Morgan fingerprint density at radius 1 is 1.05 bits per heavy atom. The van der Waals surface area contributed by atoms with Crippen molar-refractivity contribution in [1.82, 2.24) is 10.2 Å². The molecule has 1 aliphatic carbocycles. The molecule has 0 aromatic rings. The lowest BCUT2D eigenvalue weighted by atomic mass is 9.82. The first-order chi connectivity index (χ1) is 9.31. The molecular weight excluding hydrogens is 232 g/mol. The van der Waals surface area contributed by atoms with E-state index in [-0.39, 0.29) is 0 Å². The zero-order chi connectivity index (χ0) is 13.5. The van der Waals surface area contributed by atoms with Crippen LogP contribution in [0.1, 0.15) is 71.6 Å². The van der Waals surface area contributed by atoms with Gasteiger partial charge in [-0.1, -0.05) is 45.4 Å². The predicted molar refractivity (Wildman–Crippen MR) is 83.5 cm³/mol. The fourth-order valence-corrected chi connectivity index (χ4v) is 3.99. The van der Waals surface area contributed by atoms with Gasteiger partial charge in [-0.25, -0.2) is 0 Å². The number of hydrogen-bond donors (Lipinski definition) is 1. The summed E-state index contributed by atoms with van der Waals surface area (Å²) in [5.74, 6) is 0.972. The quantitative estimate of drug-likeness (QED) is 0.736. The van der Waals surface area contributed by atoms with Crippen molar-refractivity contribution < 1.29 is 0 Å². The van der Waals surface area contributed by atoms with Gasteiger partial charge in [0, 0.05) is 25.2 Å². The Bertz CT molecular complexity index is 235. The molecule has 2 aliphatic rings. The maximum atomic E-state index is 3.72. The fourth-order valence-electron chi connectivity index (χ4n) is 3.99. The van der Waals surface area contributed by atoms with Crippen molar-refractivity contribution in [2.45, 2.75) is 83.7 Å². The molecule has 2 heteroatoms. The highest BCUT2D eigenvalue weighted by Gasteiger charge is 2.32. The smallest absolute Gasteiger partial charge is 0.0249 e. The van der Waals surface area contributed by atoms with Crippen LogP contribution < -0.4 is 5.32 Å². The monoisotopic (exact) mass is 266 g/mol. The lowest BCUT2D eigenvalue weighted by Crippen LogP contribution is -2.58. The second-order valence-electron chi connectivity index (χ2n) is 6.83. The Morgan fingerprint density at radius 2 is 1.84 bits per heavy atom. The molecule has 0 amide bonds. The number of hydrogen-bond acceptors (Lipinski definition) is 2. The Morgan fingerprint density at radius 3 is 2.58 bits per heavy atom. The molecule has 1 saturated carbocycles. The van der Waals surface area contributed by atoms with Crippen LogP contribution in [0, 0.1) is 5.92 Å². The third kappa shape index (κ3) is 4.75. The number of rotatable bonds is 6. The van der Waals surface area contributed by atoms with E-state index in [0.717, 1.165) is 12.0 Å². The minimum atomic E-state index is 0.686. The summed E-state index contributed by atoms with van der Waals surface area (Å²) in [5, 5.41) is 3.72. The molecule has 1 heterocycles. The SMILES string of the molecule is CCCCCCN1CC(C)NCC1C1CCCCC1. The van der Waals surface area contributed by atoms with Crippen molar-refractivity contribution in [3.63, 3.8) is 0 Å². The van der Waals surface area contributed by atoms with Gasteiger partial charge in [0.05, 0.1) is 0 Å². The van der Waals surface area contributed by atoms with E-state index in [0.29, 0.717) is 6.04 Å². The first kappa shape index (κ1) is 15.3. The minimum absolute atomic E-state index is 0.686. The fraction of sp³-hybridized carbons (Fsp3) is 1.00. The average molecular weight is 266 g/mol. The van der Waals surface area contributed by atoms with E-state index in [1.807, 2.05) is 0 Å². The lowest BCUT2D eigenvalue weighted by Gasteiger charge is -2.44. The summed E-state index contributed by atoms with van der Waals surface area (Å²) in [4.78, 5) is 2.83. The van der Waals surface area contributed by atoms with E-state index in [4.69, 9.17) is 0 Å². The van der Waals surface area contributed by atoms with Crippen molar-refractivity contribution in [2.75, 3.05) is 19.6 Å². The van der Waals surface area contributed by atoms with Crippen molar-refractivity contribution in [1.29, 1.82) is 0 Å². The standard InChI is InChI=1S/C17H34N2/c1-3-4-5-9-12-19-14-15(2)18-13-17(19)16-10-7-6-8-11-16/h15-18H,3-14H2,1-2H3. The largest absolute Gasteiger partial charge is 0.311 e. The lowest BCUT2D eigenvalue weighted by molar-refractivity contribution is 0.0737. The van der Waals surface area contributed by atoms with Gasteiger partial charge < -0.3 is 5.32 Å². The molecule has 0 aromatic heterocycles. The zero-order valence-corrected chi connectivity index (χ0v) is 13.2. The van der Waals surface area contributed by atoms with Gasteiger partial charge in [-0.2, -0.15) is 0 Å². The minimum Gasteiger partial charge on any atom is -0.311 e. The normalized spacial score (nSPS) is 30.6. The van der Waals surface area contributed by atoms with E-state index < -0.39 is 0 Å². The Balaban J connectivity index is 1.82. The molecule has 2 unspecified atom stereocenters. The molecule has 2 atom stereocenters. The summed E-state index contributed by atoms with van der Waals surface area (Å²) in [6, 6.07) is 1.52. The van der Waals surface area contributed by atoms with Crippen molar-refractivity contribution in [2.24, 2.45) is 5.92 Å². The van der Waals surface area contributed by atoms with Crippen LogP contribution in [0.3, 0.4) is 0 Å². The Kier molecular flexibility index (Phi) is 6.66. The van der Waals surface area contributed by atoms with Crippen LogP contribution in [-0.2, 0) is 0 Å². The number of unbranched alkanes of at least 4 members (excludes halogenated alkanes) is 3. The molecule has 2 rings (SSSR count). The van der Waals surface area contributed by atoms with E-state index in [1.54, 1.807) is 0 Å². The predicted octanol–water partition coefficient (Wildman–Crippen LogP) is 3.81. The maximum absolute atomic E-state index is 3.72. The summed E-state index contributed by atoms with van der Waals surface area (Å²) < 4.78 is 0. The zero-order valence-electron chi connectivity index (χ0n) is 13.2. The first-order valence-electron chi connectivity index (χ1n) is 8.78. The van der Waals surface area contributed by atoms with Crippen molar-refractivity contribution >= 4 is 0 Å². The highest BCUT2D eigenvalue weighted by atomic mass is 15.2. The van der Waals surface area contributed by atoms with E-state index in [9.17, 15) is 0 Å². The van der Waals surface area contributed by atoms with Gasteiger partial charge in [0.25, 0.3) is 0 Å². The topological polar surface area (TPSA) is 15.3 Å². The van der Waals surface area contributed by atoms with Gasteiger partial charge in [-0.05, 0) is 38.6 Å². The van der Waals surface area contributed by atoms with Gasteiger partial charge >= 0.3 is 0 Å². The van der Waals surface area contributed by atoms with Crippen LogP contribution >= 0.6 is 0 Å². The van der Waals surface area contributed by atoms with Crippen molar-refractivity contribution in [3.8, 4) is 0 Å². The van der Waals surface area contributed by atoms with Gasteiger partial charge in [-0.15, -0.1) is 0 Å². The molecule has 0 aromatic carbocycles. The van der Waals surface area contributed by atoms with E-state index in [1.165, 1.54) is 77.4 Å². The molecule has 19 heavy (non-hydrogen) atoms. The van der Waals surface area contributed by atoms with E-state index in [2.05, 4.69) is 24.1 Å². The first-order valence-corrected chi connectivity index (χ1v) is 8.78. The van der Waals surface area contributed by atoms with Gasteiger partial charge in [0.15, 0.2) is 0 Å². The van der Waals surface area contributed by atoms with E-state index >= 15 is 0 Å². The number of piperazine rings is 1. The molecule has 0 bridgehead atoms. The van der Waals surface area contributed by atoms with Crippen LogP contribution in [0.25, 0.3) is 0 Å². The van der Waals surface area contributed by atoms with Crippen molar-refractivity contribution in [3.05, 3.63) is 0 Å². The second kappa shape index (κ2) is 8.26. The summed E-state index contributed by atoms with van der Waals surface area (Å²) >= 11 is 0. The highest BCUT2D eigenvalue weighted by Crippen LogP contribution is 2.30. The van der Waals surface area contributed by atoms with Crippen LogP contribution in [0.4, 0.5) is 0 Å². The van der Waals surface area contributed by atoms with Gasteiger partial charge in [0.2, 0.25) is 0 Å². The Hall–Kier alpha value is -0.0800. The van der Waals surface area contributed by atoms with Gasteiger partial charge in [-0.3, -0.25) is 4.90 Å². The molecule has 112 valence electrons. The Labute approximate surface area is 120 Å².